The summed E-state index contributed by atoms with van der Waals surface area (Å²) in [5.41, 5.74) is 0.883. The van der Waals surface area contributed by atoms with Crippen molar-refractivity contribution in [3.8, 4) is 22.1 Å². The van der Waals surface area contributed by atoms with Crippen LogP contribution in [0, 0.1) is 0 Å². The molecule has 25 heavy (non-hydrogen) atoms. The predicted octanol–water partition coefficient (Wildman–Crippen LogP) is 3.64. The molecule has 4 rings (SSSR count). The Morgan fingerprint density at radius 3 is 2.68 bits per heavy atom. The van der Waals surface area contributed by atoms with Gasteiger partial charge in [0.15, 0.2) is 11.5 Å². The number of para-hydroxylation sites is 2. The van der Waals surface area contributed by atoms with Crippen molar-refractivity contribution in [2.24, 2.45) is 0 Å². The first-order chi connectivity index (χ1) is 12.2. The summed E-state index contributed by atoms with van der Waals surface area (Å²) in [4.78, 5) is 12.4. The monoisotopic (exact) mass is 373 g/mol. The Hall–Kier alpha value is -2.64. The van der Waals surface area contributed by atoms with Gasteiger partial charge in [-0.25, -0.2) is 0 Å². The van der Waals surface area contributed by atoms with Gasteiger partial charge in [0.2, 0.25) is 11.2 Å². The Morgan fingerprint density at radius 2 is 1.88 bits per heavy atom. The number of amides is 1. The molecular weight excluding hydrogens is 362 g/mol. The zero-order valence-corrected chi connectivity index (χ0v) is 14.4. The fourth-order valence-electron chi connectivity index (χ4n) is 2.32. The maximum atomic E-state index is 12.4. The van der Waals surface area contributed by atoms with Gasteiger partial charge in [-0.3, -0.25) is 10.1 Å². The van der Waals surface area contributed by atoms with E-state index < -0.39 is 6.10 Å². The number of carbonyl (C=O) groups excluding carboxylic acids is 1. The van der Waals surface area contributed by atoms with Gasteiger partial charge in [-0.2, -0.15) is 0 Å². The molecule has 0 fully saturated rings. The number of nitrogens with zero attached hydrogens (tertiary/aromatic N) is 2. The van der Waals surface area contributed by atoms with E-state index in [1.165, 1.54) is 11.3 Å². The van der Waals surface area contributed by atoms with E-state index >= 15 is 0 Å². The van der Waals surface area contributed by atoms with Crippen LogP contribution in [0.1, 0.15) is 0 Å². The van der Waals surface area contributed by atoms with Crippen LogP contribution in [0.5, 0.6) is 11.5 Å². The van der Waals surface area contributed by atoms with Gasteiger partial charge in [0.05, 0.1) is 0 Å². The number of fused-ring (bicyclic) bond motifs is 1. The van der Waals surface area contributed by atoms with E-state index in [1.54, 1.807) is 24.3 Å². The van der Waals surface area contributed by atoms with Gasteiger partial charge in [-0.1, -0.05) is 47.2 Å². The average molecular weight is 374 g/mol. The van der Waals surface area contributed by atoms with Crippen LogP contribution in [-0.2, 0) is 4.79 Å². The third-order valence-corrected chi connectivity index (χ3v) is 4.69. The van der Waals surface area contributed by atoms with Gasteiger partial charge in [0.1, 0.15) is 11.6 Å². The standard InChI is InChI=1S/C17H12ClN3O3S/c18-11-7-5-10(6-8-11)16-20-21-17(25-16)19-15(22)14-9-23-12-3-1-2-4-13(12)24-14/h1-8,14H,9H2,(H,19,21,22)/t14-/m1/s1. The third-order valence-electron chi connectivity index (χ3n) is 3.55. The van der Waals surface area contributed by atoms with E-state index in [0.717, 1.165) is 5.56 Å². The van der Waals surface area contributed by atoms with Gasteiger partial charge in [-0.15, -0.1) is 10.2 Å². The quantitative estimate of drug-likeness (QED) is 0.758. The maximum absolute atomic E-state index is 12.4. The summed E-state index contributed by atoms with van der Waals surface area (Å²) < 4.78 is 11.2. The number of ether oxygens (including phenoxy) is 2. The predicted molar refractivity (Wildman–Crippen MR) is 95.3 cm³/mol. The van der Waals surface area contributed by atoms with Crippen LogP contribution in [-0.4, -0.2) is 28.8 Å². The Labute approximate surface area is 152 Å². The molecule has 0 radical (unpaired) electrons. The number of hydrogen-bond acceptors (Lipinski definition) is 6. The highest BCUT2D eigenvalue weighted by molar-refractivity contribution is 7.18. The molecule has 0 saturated carbocycles. The molecular formula is C17H12ClN3O3S. The highest BCUT2D eigenvalue weighted by Gasteiger charge is 2.28. The van der Waals surface area contributed by atoms with Crippen molar-refractivity contribution in [1.82, 2.24) is 10.2 Å². The highest BCUT2D eigenvalue weighted by Crippen LogP contribution is 2.32. The summed E-state index contributed by atoms with van der Waals surface area (Å²) in [5, 5.41) is 12.6. The third kappa shape index (κ3) is 3.42. The van der Waals surface area contributed by atoms with E-state index in [9.17, 15) is 4.79 Å². The van der Waals surface area contributed by atoms with Gasteiger partial charge in [0.25, 0.3) is 5.91 Å². The molecule has 1 aliphatic heterocycles. The highest BCUT2D eigenvalue weighted by atomic mass is 35.5. The molecule has 0 unspecified atom stereocenters. The summed E-state index contributed by atoms with van der Waals surface area (Å²) in [7, 11) is 0. The Kier molecular flexibility index (Phi) is 4.25. The van der Waals surface area contributed by atoms with E-state index in [-0.39, 0.29) is 12.5 Å². The van der Waals surface area contributed by atoms with Crippen LogP contribution in [0.2, 0.25) is 5.02 Å². The normalized spacial score (nSPS) is 15.6. The summed E-state index contributed by atoms with van der Waals surface area (Å²) in [6, 6.07) is 14.5. The Bertz CT molecular complexity index is 914. The van der Waals surface area contributed by atoms with Crippen molar-refractivity contribution in [3.63, 3.8) is 0 Å². The summed E-state index contributed by atoms with van der Waals surface area (Å²) in [6.07, 6.45) is -0.738. The first kappa shape index (κ1) is 15.9. The molecule has 2 heterocycles. The molecule has 8 heteroatoms. The summed E-state index contributed by atoms with van der Waals surface area (Å²) in [5.74, 6) is 0.855. The van der Waals surface area contributed by atoms with Crippen molar-refractivity contribution < 1.29 is 14.3 Å². The summed E-state index contributed by atoms with van der Waals surface area (Å²) >= 11 is 7.16. The van der Waals surface area contributed by atoms with Gasteiger partial charge in [0, 0.05) is 10.6 Å². The van der Waals surface area contributed by atoms with E-state index in [4.69, 9.17) is 21.1 Å². The second-order valence-corrected chi connectivity index (χ2v) is 6.69. The SMILES string of the molecule is O=C(Nc1nnc(-c2ccc(Cl)cc2)s1)[C@H]1COc2ccccc2O1. The smallest absolute Gasteiger partial charge is 0.270 e. The summed E-state index contributed by atoms with van der Waals surface area (Å²) in [6.45, 7) is 0.145. The van der Waals surface area contributed by atoms with Gasteiger partial charge < -0.3 is 9.47 Å². The van der Waals surface area contributed by atoms with Crippen molar-refractivity contribution in [3.05, 3.63) is 53.6 Å². The average Bonchev–Trinajstić information content (AvgIpc) is 3.10. The molecule has 1 N–H and O–H groups in total. The van der Waals surface area contributed by atoms with Crippen LogP contribution < -0.4 is 14.8 Å². The zero-order chi connectivity index (χ0) is 17.2. The second-order valence-electron chi connectivity index (χ2n) is 5.27. The van der Waals surface area contributed by atoms with E-state index in [1.807, 2.05) is 24.3 Å². The molecule has 0 saturated heterocycles. The fourth-order valence-corrected chi connectivity index (χ4v) is 3.20. The molecule has 0 spiro atoms. The maximum Gasteiger partial charge on any atom is 0.270 e. The lowest BCUT2D eigenvalue weighted by Gasteiger charge is -2.25. The number of aromatic nitrogens is 2. The van der Waals surface area contributed by atoms with Gasteiger partial charge >= 0.3 is 0 Å². The molecule has 2 aromatic carbocycles. The number of carbonyl (C=O) groups is 1. The molecule has 1 aliphatic rings. The second kappa shape index (κ2) is 6.70. The van der Waals surface area contributed by atoms with Crippen molar-refractivity contribution in [2.45, 2.75) is 6.10 Å². The lowest BCUT2D eigenvalue weighted by atomic mass is 10.2. The largest absolute Gasteiger partial charge is 0.485 e. The zero-order valence-electron chi connectivity index (χ0n) is 12.8. The van der Waals surface area contributed by atoms with Crippen LogP contribution >= 0.6 is 22.9 Å². The molecule has 0 aliphatic carbocycles. The minimum Gasteiger partial charge on any atom is -0.485 e. The van der Waals surface area contributed by atoms with E-state index in [2.05, 4.69) is 15.5 Å². The first-order valence-electron chi connectivity index (χ1n) is 7.48. The van der Waals surface area contributed by atoms with Crippen molar-refractivity contribution in [1.29, 1.82) is 0 Å². The van der Waals surface area contributed by atoms with Gasteiger partial charge in [-0.05, 0) is 24.3 Å². The lowest BCUT2D eigenvalue weighted by molar-refractivity contribution is -0.125. The van der Waals surface area contributed by atoms with Crippen LogP contribution in [0.15, 0.2) is 48.5 Å². The number of hydrogen-bond donors (Lipinski definition) is 1. The number of rotatable bonds is 3. The Morgan fingerprint density at radius 1 is 1.12 bits per heavy atom. The number of halogens is 1. The number of anilines is 1. The molecule has 1 amide bonds. The van der Waals surface area contributed by atoms with Crippen LogP contribution in [0.25, 0.3) is 10.6 Å². The van der Waals surface area contributed by atoms with Crippen LogP contribution in [0.3, 0.4) is 0 Å². The number of benzene rings is 2. The minimum absolute atomic E-state index is 0.145. The molecule has 126 valence electrons. The topological polar surface area (TPSA) is 73.3 Å². The van der Waals surface area contributed by atoms with E-state index in [0.29, 0.717) is 26.7 Å². The van der Waals surface area contributed by atoms with Crippen molar-refractivity contribution >= 4 is 34.0 Å². The molecule has 1 aromatic heterocycles. The van der Waals surface area contributed by atoms with Crippen molar-refractivity contribution in [2.75, 3.05) is 11.9 Å². The number of nitrogens with one attached hydrogen (secondary N) is 1. The molecule has 6 nitrogen and oxygen atoms in total. The molecule has 1 atom stereocenters. The first-order valence-corrected chi connectivity index (χ1v) is 8.67. The van der Waals surface area contributed by atoms with Crippen LogP contribution in [0.4, 0.5) is 5.13 Å². The fraction of sp³-hybridized carbons (Fsp3) is 0.118. The lowest BCUT2D eigenvalue weighted by Crippen LogP contribution is -2.40. The Balaban J connectivity index is 1.44. The molecule has 0 bridgehead atoms. The molecule has 3 aromatic rings. The minimum atomic E-state index is -0.738.